The number of aromatic nitrogens is 1. The van der Waals surface area contributed by atoms with Crippen molar-refractivity contribution < 1.29 is 14.3 Å². The van der Waals surface area contributed by atoms with Crippen molar-refractivity contribution in [3.8, 4) is 0 Å². The Morgan fingerprint density at radius 2 is 1.96 bits per heavy atom. The highest BCUT2D eigenvalue weighted by atomic mass is 35.5. The number of halogens is 2. The molecule has 0 saturated heterocycles. The molecule has 0 aliphatic carbocycles. The summed E-state index contributed by atoms with van der Waals surface area (Å²) in [5, 5.41) is 6.57. The number of anilines is 1. The zero-order chi connectivity index (χ0) is 19.6. The maximum absolute atomic E-state index is 12.3. The summed E-state index contributed by atoms with van der Waals surface area (Å²) < 4.78 is 5.48. The third-order valence-electron chi connectivity index (χ3n) is 3.43. The first-order chi connectivity index (χ1) is 12.9. The minimum Gasteiger partial charge on any atom is -0.465 e. The van der Waals surface area contributed by atoms with Gasteiger partial charge in [-0.3, -0.25) is 10.1 Å². The fraction of sp³-hybridized carbons (Fsp3) is 0.0588. The molecular weight excluding hydrogens is 429 g/mol. The first-order valence-electron chi connectivity index (χ1n) is 7.43. The monoisotopic (exact) mass is 439 g/mol. The summed E-state index contributed by atoms with van der Waals surface area (Å²) in [4.78, 5) is 28.2. The second-order valence-corrected chi connectivity index (χ2v) is 7.51. The first-order valence-corrected chi connectivity index (χ1v) is 9.41. The zero-order valence-electron chi connectivity index (χ0n) is 13.7. The van der Waals surface area contributed by atoms with Crippen molar-refractivity contribution in [2.45, 2.75) is 0 Å². The minimum atomic E-state index is -0.469. The second kappa shape index (κ2) is 8.18. The van der Waals surface area contributed by atoms with Crippen molar-refractivity contribution in [2.75, 3.05) is 12.4 Å². The van der Waals surface area contributed by atoms with Gasteiger partial charge in [-0.25, -0.2) is 9.78 Å². The number of nitrogens with one attached hydrogen (secondary N) is 2. The number of thiocarbonyl (C=S) groups is 1. The van der Waals surface area contributed by atoms with E-state index in [9.17, 15) is 9.59 Å². The molecule has 2 N–H and O–H groups in total. The lowest BCUT2D eigenvalue weighted by Crippen LogP contribution is -2.34. The van der Waals surface area contributed by atoms with E-state index < -0.39 is 11.9 Å². The van der Waals surface area contributed by atoms with Crippen LogP contribution in [-0.4, -0.2) is 29.1 Å². The number of rotatable bonds is 3. The molecule has 0 atom stereocenters. The molecule has 3 aromatic rings. The fourth-order valence-corrected chi connectivity index (χ4v) is 3.85. The van der Waals surface area contributed by atoms with Gasteiger partial charge in [0.15, 0.2) is 10.2 Å². The van der Waals surface area contributed by atoms with Gasteiger partial charge >= 0.3 is 5.97 Å². The number of methoxy groups -OCH3 is 1. The number of carbonyl (C=O) groups excluding carboxylic acids is 2. The Morgan fingerprint density at radius 1 is 1.19 bits per heavy atom. The summed E-state index contributed by atoms with van der Waals surface area (Å²) >= 11 is 18.3. The highest BCUT2D eigenvalue weighted by Gasteiger charge is 2.14. The number of esters is 1. The Hall–Kier alpha value is -2.26. The van der Waals surface area contributed by atoms with Gasteiger partial charge in [-0.15, -0.1) is 0 Å². The largest absolute Gasteiger partial charge is 0.465 e. The lowest BCUT2D eigenvalue weighted by atomic mass is 10.2. The van der Waals surface area contributed by atoms with Crippen LogP contribution in [0.2, 0.25) is 10.0 Å². The molecule has 0 saturated carbocycles. The van der Waals surface area contributed by atoms with Crippen molar-refractivity contribution in [3.63, 3.8) is 0 Å². The van der Waals surface area contributed by atoms with Crippen molar-refractivity contribution >= 4 is 79.1 Å². The predicted octanol–water partition coefficient (Wildman–Crippen LogP) is 4.52. The molecule has 27 heavy (non-hydrogen) atoms. The highest BCUT2D eigenvalue weighted by molar-refractivity contribution is 7.80. The van der Waals surface area contributed by atoms with E-state index in [0.717, 1.165) is 4.70 Å². The average molecular weight is 440 g/mol. The van der Waals surface area contributed by atoms with E-state index in [1.165, 1.54) is 30.6 Å². The summed E-state index contributed by atoms with van der Waals surface area (Å²) in [5.41, 5.74) is 1.36. The van der Waals surface area contributed by atoms with E-state index in [2.05, 4.69) is 15.6 Å². The molecule has 0 aliphatic rings. The van der Waals surface area contributed by atoms with Crippen LogP contribution in [0.15, 0.2) is 36.4 Å². The summed E-state index contributed by atoms with van der Waals surface area (Å²) in [7, 11) is 1.32. The van der Waals surface area contributed by atoms with Crippen LogP contribution in [-0.2, 0) is 4.74 Å². The molecule has 1 amide bonds. The normalized spacial score (nSPS) is 10.5. The topological polar surface area (TPSA) is 80.3 Å². The van der Waals surface area contributed by atoms with Gasteiger partial charge in [-0.1, -0.05) is 34.5 Å². The van der Waals surface area contributed by atoms with Gasteiger partial charge in [0, 0.05) is 5.02 Å². The molecule has 0 fully saturated rings. The summed E-state index contributed by atoms with van der Waals surface area (Å²) in [6.07, 6.45) is 0. The molecule has 138 valence electrons. The molecule has 0 spiro atoms. The molecule has 0 radical (unpaired) electrons. The van der Waals surface area contributed by atoms with Crippen LogP contribution in [0.3, 0.4) is 0 Å². The summed E-state index contributed by atoms with van der Waals surface area (Å²) in [6.45, 7) is 0. The van der Waals surface area contributed by atoms with Gasteiger partial charge in [-0.05, 0) is 48.6 Å². The standard InChI is InChI=1S/C17H11Cl2N3O3S2/c1-25-15(24)8-2-5-12-13(6-8)27-17(20-12)22-16(26)21-14(23)10-4-3-9(18)7-11(10)19/h2-7H,1H3,(H2,20,21,22,23,26). The molecule has 10 heteroatoms. The van der Waals surface area contributed by atoms with Crippen LogP contribution in [0, 0.1) is 0 Å². The SMILES string of the molecule is COC(=O)c1ccc2nc(NC(=S)NC(=O)c3ccc(Cl)cc3Cl)sc2c1. The number of thiazole rings is 1. The van der Waals surface area contributed by atoms with E-state index in [4.69, 9.17) is 40.2 Å². The number of hydrogen-bond acceptors (Lipinski definition) is 6. The van der Waals surface area contributed by atoms with E-state index in [1.807, 2.05) is 0 Å². The smallest absolute Gasteiger partial charge is 0.337 e. The Bertz CT molecular complexity index is 1070. The van der Waals surface area contributed by atoms with Crippen LogP contribution in [0.1, 0.15) is 20.7 Å². The number of hydrogen-bond donors (Lipinski definition) is 2. The quantitative estimate of drug-likeness (QED) is 0.461. The molecule has 2 aromatic carbocycles. The molecule has 0 bridgehead atoms. The van der Waals surface area contributed by atoms with Crippen LogP contribution in [0.5, 0.6) is 0 Å². The third-order valence-corrected chi connectivity index (χ3v) is 5.12. The molecule has 1 heterocycles. The van der Waals surface area contributed by atoms with Gasteiger partial charge in [0.2, 0.25) is 0 Å². The van der Waals surface area contributed by atoms with Crippen molar-refractivity contribution in [1.29, 1.82) is 0 Å². The Labute approximate surface area is 173 Å². The molecule has 6 nitrogen and oxygen atoms in total. The predicted molar refractivity (Wildman–Crippen MR) is 111 cm³/mol. The van der Waals surface area contributed by atoms with Crippen molar-refractivity contribution in [3.05, 3.63) is 57.6 Å². The average Bonchev–Trinajstić information content (AvgIpc) is 3.01. The van der Waals surface area contributed by atoms with Crippen molar-refractivity contribution in [2.24, 2.45) is 0 Å². The molecule has 1 aromatic heterocycles. The van der Waals surface area contributed by atoms with Gasteiger partial charge in [0.1, 0.15) is 0 Å². The van der Waals surface area contributed by atoms with Gasteiger partial charge < -0.3 is 10.1 Å². The highest BCUT2D eigenvalue weighted by Crippen LogP contribution is 2.27. The lowest BCUT2D eigenvalue weighted by Gasteiger charge is -2.08. The Kier molecular flexibility index (Phi) is 5.91. The minimum absolute atomic E-state index is 0.0678. The number of nitrogens with zero attached hydrogens (tertiary/aromatic N) is 1. The van der Waals surface area contributed by atoms with Crippen LogP contribution >= 0.6 is 46.8 Å². The molecular formula is C17H11Cl2N3O3S2. The van der Waals surface area contributed by atoms with E-state index in [-0.39, 0.29) is 15.7 Å². The number of benzene rings is 2. The molecule has 0 aliphatic heterocycles. The van der Waals surface area contributed by atoms with Crippen LogP contribution in [0.25, 0.3) is 10.2 Å². The van der Waals surface area contributed by atoms with Crippen LogP contribution in [0.4, 0.5) is 5.13 Å². The number of ether oxygens (including phenoxy) is 1. The van der Waals surface area contributed by atoms with Gasteiger partial charge in [0.25, 0.3) is 5.91 Å². The number of carbonyl (C=O) groups is 2. The second-order valence-electron chi connectivity index (χ2n) is 5.23. The van der Waals surface area contributed by atoms with Crippen molar-refractivity contribution in [1.82, 2.24) is 10.3 Å². The fourth-order valence-electron chi connectivity index (χ4n) is 2.20. The summed E-state index contributed by atoms with van der Waals surface area (Å²) in [5.74, 6) is -0.898. The number of amides is 1. The van der Waals surface area contributed by atoms with Gasteiger partial charge in [0.05, 0.1) is 33.5 Å². The number of fused-ring (bicyclic) bond motifs is 1. The maximum Gasteiger partial charge on any atom is 0.337 e. The molecule has 0 unspecified atom stereocenters. The van der Waals surface area contributed by atoms with E-state index in [1.54, 1.807) is 24.3 Å². The van der Waals surface area contributed by atoms with Gasteiger partial charge in [-0.2, -0.15) is 0 Å². The maximum atomic E-state index is 12.3. The Morgan fingerprint density at radius 3 is 2.67 bits per heavy atom. The summed E-state index contributed by atoms with van der Waals surface area (Å²) in [6, 6.07) is 9.55. The van der Waals surface area contributed by atoms with E-state index in [0.29, 0.717) is 21.2 Å². The Balaban J connectivity index is 1.72. The van der Waals surface area contributed by atoms with Crippen LogP contribution < -0.4 is 10.6 Å². The zero-order valence-corrected chi connectivity index (χ0v) is 16.9. The van der Waals surface area contributed by atoms with E-state index >= 15 is 0 Å². The molecule has 3 rings (SSSR count). The lowest BCUT2D eigenvalue weighted by molar-refractivity contribution is 0.0601. The first kappa shape index (κ1) is 19.5. The third kappa shape index (κ3) is 4.54.